The third-order valence-corrected chi connectivity index (χ3v) is 20.4. The summed E-state index contributed by atoms with van der Waals surface area (Å²) in [5.74, 6) is 0.243. The molecule has 0 aromatic carbocycles. The maximum atomic E-state index is 13.1. The van der Waals surface area contributed by atoms with Crippen molar-refractivity contribution in [1.82, 2.24) is 0 Å². The van der Waals surface area contributed by atoms with Gasteiger partial charge in [-0.1, -0.05) is 350 Å². The van der Waals surface area contributed by atoms with Gasteiger partial charge < -0.3 is 33.8 Å². The van der Waals surface area contributed by atoms with E-state index in [4.69, 9.17) is 37.0 Å². The van der Waals surface area contributed by atoms with Crippen LogP contribution < -0.4 is 0 Å². The average molecular weight is 1420 g/mol. The molecule has 3 N–H and O–H groups in total. The van der Waals surface area contributed by atoms with E-state index in [-0.39, 0.29) is 25.7 Å². The van der Waals surface area contributed by atoms with Crippen molar-refractivity contribution < 1.29 is 80.2 Å². The summed E-state index contributed by atoms with van der Waals surface area (Å²) in [6.07, 6.45) is 55.5. The van der Waals surface area contributed by atoms with E-state index in [2.05, 4.69) is 48.5 Å². The van der Waals surface area contributed by atoms with Crippen LogP contribution in [-0.2, 0) is 65.4 Å². The van der Waals surface area contributed by atoms with Crippen molar-refractivity contribution in [3.63, 3.8) is 0 Å². The molecule has 576 valence electrons. The topological polar surface area (TPSA) is 237 Å². The van der Waals surface area contributed by atoms with E-state index in [1.54, 1.807) is 0 Å². The standard InChI is InChI=1S/C78H152O17P2/c1-8-10-11-12-13-14-24-32-39-47-54-61-77(82)95-74(66-89-76(81)60-53-46-41-34-36-43-50-57-70(5)6)68-93-97(86,87)91-64-72(79)63-90-96(84,85)92-67-73(94-78(83)62-55-48-40-33-28-23-17-15-16-20-25-29-35-42-49-56-69(3)4)65-88-75(80)59-52-45-38-31-27-22-19-18-21-26-30-37-44-51-58-71(7)9-2/h69-74,79H,8-68H2,1-7H3,(H,84,85)(H,86,87)/t71?,72-,73-,74-/m1/s1. The minimum absolute atomic E-state index is 0.106. The number of hydrogen-bond donors (Lipinski definition) is 3. The van der Waals surface area contributed by atoms with Crippen molar-refractivity contribution in [3.05, 3.63) is 0 Å². The number of aliphatic hydroxyl groups excluding tert-OH is 1. The predicted molar refractivity (Wildman–Crippen MR) is 395 cm³/mol. The van der Waals surface area contributed by atoms with Crippen LogP contribution in [0.1, 0.15) is 402 Å². The average Bonchev–Trinajstić information content (AvgIpc) is 1.87. The van der Waals surface area contributed by atoms with E-state index in [0.29, 0.717) is 31.6 Å². The molecule has 0 heterocycles. The summed E-state index contributed by atoms with van der Waals surface area (Å²) in [5, 5.41) is 10.6. The molecule has 97 heavy (non-hydrogen) atoms. The molecule has 17 nitrogen and oxygen atoms in total. The predicted octanol–water partition coefficient (Wildman–Crippen LogP) is 23.0. The number of unbranched alkanes of at least 4 members (excludes halogenated alkanes) is 43. The number of hydrogen-bond acceptors (Lipinski definition) is 15. The quantitative estimate of drug-likeness (QED) is 0.0222. The van der Waals surface area contributed by atoms with Crippen LogP contribution in [0.3, 0.4) is 0 Å². The molecular weight excluding hydrogens is 1270 g/mol. The van der Waals surface area contributed by atoms with Crippen LogP contribution >= 0.6 is 15.6 Å². The van der Waals surface area contributed by atoms with Gasteiger partial charge in [0.15, 0.2) is 12.2 Å². The molecular formula is C78H152O17P2. The second kappa shape index (κ2) is 68.5. The Morgan fingerprint density at radius 1 is 0.299 bits per heavy atom. The molecule has 0 aliphatic rings. The summed E-state index contributed by atoms with van der Waals surface area (Å²) in [5.41, 5.74) is 0. The zero-order chi connectivity index (χ0) is 71.6. The lowest BCUT2D eigenvalue weighted by molar-refractivity contribution is -0.161. The first-order chi connectivity index (χ1) is 46.8. The number of ether oxygens (including phenoxy) is 4. The van der Waals surface area contributed by atoms with Gasteiger partial charge in [-0.2, -0.15) is 0 Å². The van der Waals surface area contributed by atoms with Crippen molar-refractivity contribution in [2.75, 3.05) is 39.6 Å². The fraction of sp³-hybridized carbons (Fsp3) is 0.949. The normalized spacial score (nSPS) is 14.3. The van der Waals surface area contributed by atoms with Gasteiger partial charge in [-0.15, -0.1) is 0 Å². The molecule has 0 fully saturated rings. The molecule has 0 aliphatic heterocycles. The molecule has 0 bridgehead atoms. The van der Waals surface area contributed by atoms with Crippen molar-refractivity contribution in [3.8, 4) is 0 Å². The highest BCUT2D eigenvalue weighted by atomic mass is 31.2. The summed E-state index contributed by atoms with van der Waals surface area (Å²) in [4.78, 5) is 72.8. The van der Waals surface area contributed by atoms with Crippen molar-refractivity contribution in [2.45, 2.75) is 420 Å². The van der Waals surface area contributed by atoms with Gasteiger partial charge in [0.2, 0.25) is 0 Å². The van der Waals surface area contributed by atoms with Gasteiger partial charge in [0, 0.05) is 25.7 Å². The first-order valence-electron chi connectivity index (χ1n) is 40.4. The van der Waals surface area contributed by atoms with Crippen LogP contribution in [0.25, 0.3) is 0 Å². The molecule has 0 saturated carbocycles. The van der Waals surface area contributed by atoms with Crippen LogP contribution in [0.15, 0.2) is 0 Å². The van der Waals surface area contributed by atoms with E-state index in [1.165, 1.54) is 205 Å². The SMILES string of the molecule is CCCCCCCCCCCCCC(=O)O[C@H](COC(=O)CCCCCCCCCC(C)C)COP(=O)(O)OC[C@H](O)COP(=O)(O)OC[C@@H](COC(=O)CCCCCCCCCCCCCCCCC(C)CC)OC(=O)CCCCCCCCCCCCCCCCCC(C)C. The molecule has 3 unspecified atom stereocenters. The number of esters is 4. The van der Waals surface area contributed by atoms with Crippen LogP contribution in [-0.4, -0.2) is 96.7 Å². The fourth-order valence-electron chi connectivity index (χ4n) is 11.9. The molecule has 0 aromatic heterocycles. The zero-order valence-electron chi connectivity index (χ0n) is 63.5. The maximum Gasteiger partial charge on any atom is 0.472 e. The number of carbonyl (C=O) groups is 4. The van der Waals surface area contributed by atoms with Crippen LogP contribution in [0.5, 0.6) is 0 Å². The van der Waals surface area contributed by atoms with E-state index in [1.807, 2.05) is 0 Å². The van der Waals surface area contributed by atoms with Crippen LogP contribution in [0, 0.1) is 17.8 Å². The van der Waals surface area contributed by atoms with Crippen molar-refractivity contribution in [1.29, 1.82) is 0 Å². The number of carbonyl (C=O) groups excluding carboxylic acids is 4. The molecule has 0 rings (SSSR count). The summed E-state index contributed by atoms with van der Waals surface area (Å²) < 4.78 is 68.6. The van der Waals surface area contributed by atoms with Gasteiger partial charge in [-0.25, -0.2) is 9.13 Å². The number of rotatable bonds is 76. The smallest absolute Gasteiger partial charge is 0.462 e. The monoisotopic (exact) mass is 1420 g/mol. The number of phosphoric ester groups is 2. The number of phosphoric acid groups is 2. The first-order valence-corrected chi connectivity index (χ1v) is 43.4. The second-order valence-electron chi connectivity index (χ2n) is 29.3. The van der Waals surface area contributed by atoms with Crippen LogP contribution in [0.4, 0.5) is 0 Å². The Morgan fingerprint density at radius 3 is 0.784 bits per heavy atom. The van der Waals surface area contributed by atoms with E-state index < -0.39 is 97.5 Å². The highest BCUT2D eigenvalue weighted by Crippen LogP contribution is 2.45. The van der Waals surface area contributed by atoms with Crippen molar-refractivity contribution in [2.24, 2.45) is 17.8 Å². The molecule has 19 heteroatoms. The second-order valence-corrected chi connectivity index (χ2v) is 32.2. The molecule has 0 spiro atoms. The summed E-state index contributed by atoms with van der Waals surface area (Å²) in [6.45, 7) is 11.9. The highest BCUT2D eigenvalue weighted by molar-refractivity contribution is 7.47. The molecule has 0 saturated heterocycles. The Labute approximate surface area is 594 Å². The Hall–Kier alpha value is -1.94. The van der Waals surface area contributed by atoms with E-state index in [9.17, 15) is 43.2 Å². The van der Waals surface area contributed by atoms with Crippen LogP contribution in [0.2, 0.25) is 0 Å². The lowest BCUT2D eigenvalue weighted by atomic mass is 9.99. The minimum atomic E-state index is -4.96. The summed E-state index contributed by atoms with van der Waals surface area (Å²) in [7, 11) is -9.91. The number of aliphatic hydroxyl groups is 1. The van der Waals surface area contributed by atoms with E-state index >= 15 is 0 Å². The fourth-order valence-corrected chi connectivity index (χ4v) is 13.5. The summed E-state index contributed by atoms with van der Waals surface area (Å²) in [6, 6.07) is 0. The molecule has 0 aromatic rings. The molecule has 0 radical (unpaired) electrons. The molecule has 0 aliphatic carbocycles. The molecule has 0 amide bonds. The Balaban J connectivity index is 5.23. The largest absolute Gasteiger partial charge is 0.472 e. The third-order valence-electron chi connectivity index (χ3n) is 18.5. The van der Waals surface area contributed by atoms with Gasteiger partial charge in [0.05, 0.1) is 26.4 Å². The van der Waals surface area contributed by atoms with Gasteiger partial charge in [0.1, 0.15) is 19.3 Å². The summed E-state index contributed by atoms with van der Waals surface area (Å²) >= 11 is 0. The van der Waals surface area contributed by atoms with Crippen molar-refractivity contribution >= 4 is 39.5 Å². The Morgan fingerprint density at radius 2 is 0.526 bits per heavy atom. The molecule has 6 atom stereocenters. The van der Waals surface area contributed by atoms with Gasteiger partial charge in [-0.05, 0) is 43.4 Å². The lowest BCUT2D eigenvalue weighted by Crippen LogP contribution is -2.30. The maximum absolute atomic E-state index is 13.1. The Bertz CT molecular complexity index is 1890. The van der Waals surface area contributed by atoms with Gasteiger partial charge in [0.25, 0.3) is 0 Å². The van der Waals surface area contributed by atoms with Gasteiger partial charge >= 0.3 is 39.5 Å². The lowest BCUT2D eigenvalue weighted by Gasteiger charge is -2.21. The zero-order valence-corrected chi connectivity index (χ0v) is 65.3. The minimum Gasteiger partial charge on any atom is -0.462 e. The Kier molecular flexibility index (Phi) is 67.1. The van der Waals surface area contributed by atoms with Gasteiger partial charge in [-0.3, -0.25) is 37.3 Å². The van der Waals surface area contributed by atoms with E-state index in [0.717, 1.165) is 108 Å². The highest BCUT2D eigenvalue weighted by Gasteiger charge is 2.30. The third kappa shape index (κ3) is 70.9. The first kappa shape index (κ1) is 95.1.